The lowest BCUT2D eigenvalue weighted by Gasteiger charge is -2.51. The highest BCUT2D eigenvalue weighted by atomic mass is 127. The van der Waals surface area contributed by atoms with Gasteiger partial charge in [0.2, 0.25) is 0 Å². The van der Waals surface area contributed by atoms with E-state index >= 15 is 0 Å². The Morgan fingerprint density at radius 1 is 1.14 bits per heavy atom. The summed E-state index contributed by atoms with van der Waals surface area (Å²) < 4.78 is 5.98. The quantitative estimate of drug-likeness (QED) is 0.348. The smallest absolute Gasteiger partial charge is 0.193 e. The van der Waals surface area contributed by atoms with Crippen molar-refractivity contribution in [2.75, 3.05) is 45.9 Å². The molecule has 1 aliphatic carbocycles. The van der Waals surface area contributed by atoms with Crippen LogP contribution in [0, 0.1) is 0 Å². The Kier molecular flexibility index (Phi) is 9.29. The van der Waals surface area contributed by atoms with Gasteiger partial charge in [-0.1, -0.05) is 19.3 Å². The fourth-order valence-electron chi connectivity index (χ4n) is 4.93. The minimum absolute atomic E-state index is 0. The number of hydrogen-bond donors (Lipinski definition) is 2. The van der Waals surface area contributed by atoms with Gasteiger partial charge >= 0.3 is 0 Å². The molecule has 2 N–H and O–H groups in total. The van der Waals surface area contributed by atoms with Crippen LogP contribution in [0.2, 0.25) is 0 Å². The van der Waals surface area contributed by atoms with Crippen LogP contribution in [0.3, 0.4) is 0 Å². The lowest BCUT2D eigenvalue weighted by molar-refractivity contribution is -0.121. The van der Waals surface area contributed by atoms with Crippen molar-refractivity contribution in [3.8, 4) is 0 Å². The molecule has 0 unspecified atom stereocenters. The van der Waals surface area contributed by atoms with Crippen molar-refractivity contribution in [3.05, 3.63) is 0 Å². The number of guanidine groups is 1. The summed E-state index contributed by atoms with van der Waals surface area (Å²) in [6.07, 6.45) is 7.97. The van der Waals surface area contributed by atoms with Gasteiger partial charge in [-0.3, -0.25) is 9.89 Å². The van der Waals surface area contributed by atoms with Crippen molar-refractivity contribution in [1.29, 1.82) is 0 Å². The zero-order valence-corrected chi connectivity index (χ0v) is 20.4. The predicted molar refractivity (Wildman–Crippen MR) is 126 cm³/mol. The number of nitrogens with zero attached hydrogens (tertiary/aromatic N) is 3. The molecule has 0 atom stereocenters. The monoisotopic (exact) mass is 508 g/mol. The van der Waals surface area contributed by atoms with E-state index in [1.165, 1.54) is 32.1 Å². The third kappa shape index (κ3) is 6.19. The zero-order chi connectivity index (χ0) is 19.3. The van der Waals surface area contributed by atoms with Crippen LogP contribution in [0.25, 0.3) is 0 Å². The lowest BCUT2D eigenvalue weighted by Crippen LogP contribution is -2.61. The van der Waals surface area contributed by atoms with Crippen LogP contribution in [-0.2, 0) is 4.74 Å². The topological polar surface area (TPSA) is 60.3 Å². The summed E-state index contributed by atoms with van der Waals surface area (Å²) in [5.74, 6) is 1.03. The van der Waals surface area contributed by atoms with Gasteiger partial charge in [-0.25, -0.2) is 0 Å². The molecular formula is C21H41IN4O2. The summed E-state index contributed by atoms with van der Waals surface area (Å²) >= 11 is 0. The molecule has 0 aromatic carbocycles. The highest BCUT2D eigenvalue weighted by Gasteiger charge is 2.42. The van der Waals surface area contributed by atoms with Crippen molar-refractivity contribution in [2.24, 2.45) is 4.99 Å². The number of piperidine rings is 1. The second kappa shape index (κ2) is 10.8. The molecule has 0 radical (unpaired) electrons. The lowest BCUT2D eigenvalue weighted by atomic mass is 9.79. The van der Waals surface area contributed by atoms with Crippen molar-refractivity contribution in [3.63, 3.8) is 0 Å². The van der Waals surface area contributed by atoms with Gasteiger partial charge in [-0.15, -0.1) is 24.0 Å². The maximum Gasteiger partial charge on any atom is 0.193 e. The second-order valence-corrected chi connectivity index (χ2v) is 9.20. The van der Waals surface area contributed by atoms with Crippen LogP contribution in [0.5, 0.6) is 0 Å². The van der Waals surface area contributed by atoms with Crippen LogP contribution < -0.4 is 5.32 Å². The first-order chi connectivity index (χ1) is 12.9. The fraction of sp³-hybridized carbons (Fsp3) is 0.952. The van der Waals surface area contributed by atoms with Gasteiger partial charge in [0.15, 0.2) is 5.96 Å². The first kappa shape index (κ1) is 24.2. The van der Waals surface area contributed by atoms with E-state index in [4.69, 9.17) is 9.73 Å². The number of morpholine rings is 1. The molecule has 0 spiro atoms. The molecule has 3 rings (SSSR count). The molecule has 0 bridgehead atoms. The number of likely N-dealkylation sites (tertiary alicyclic amines) is 1. The minimum atomic E-state index is -0.149. The fourth-order valence-corrected chi connectivity index (χ4v) is 4.93. The Bertz CT molecular complexity index is 501. The average molecular weight is 508 g/mol. The normalized spacial score (nSPS) is 26.6. The number of ether oxygens (including phenoxy) is 1. The number of rotatable bonds is 4. The highest BCUT2D eigenvalue weighted by Crippen LogP contribution is 2.36. The maximum absolute atomic E-state index is 9.83. The van der Waals surface area contributed by atoms with E-state index < -0.39 is 0 Å². The van der Waals surface area contributed by atoms with Crippen LogP contribution in [0.1, 0.15) is 65.7 Å². The van der Waals surface area contributed by atoms with Gasteiger partial charge in [0, 0.05) is 38.3 Å². The Balaban J connectivity index is 0.00000280. The van der Waals surface area contributed by atoms with E-state index in [1.807, 2.05) is 0 Å². The van der Waals surface area contributed by atoms with E-state index in [9.17, 15) is 5.11 Å². The average Bonchev–Trinajstić information content (AvgIpc) is 2.66. The summed E-state index contributed by atoms with van der Waals surface area (Å²) in [5, 5.41) is 13.3. The predicted octanol–water partition coefficient (Wildman–Crippen LogP) is 2.84. The Morgan fingerprint density at radius 3 is 2.43 bits per heavy atom. The van der Waals surface area contributed by atoms with E-state index in [2.05, 4.69) is 35.9 Å². The van der Waals surface area contributed by atoms with E-state index in [-0.39, 0.29) is 41.2 Å². The molecule has 28 heavy (non-hydrogen) atoms. The molecular weight excluding hydrogens is 467 g/mol. The molecule has 0 aromatic heterocycles. The first-order valence-corrected chi connectivity index (χ1v) is 11.0. The Labute approximate surface area is 188 Å². The number of aliphatic hydroxyl groups is 1. The summed E-state index contributed by atoms with van der Waals surface area (Å²) in [7, 11) is 0. The van der Waals surface area contributed by atoms with Crippen molar-refractivity contribution >= 4 is 29.9 Å². The molecule has 1 saturated carbocycles. The van der Waals surface area contributed by atoms with E-state index in [0.29, 0.717) is 0 Å². The van der Waals surface area contributed by atoms with Crippen molar-refractivity contribution in [2.45, 2.75) is 83.0 Å². The van der Waals surface area contributed by atoms with E-state index in [0.717, 1.165) is 64.7 Å². The second-order valence-electron chi connectivity index (χ2n) is 9.20. The number of aliphatic imine (C=N–C) groups is 1. The zero-order valence-electron chi connectivity index (χ0n) is 18.1. The van der Waals surface area contributed by atoms with E-state index in [1.54, 1.807) is 0 Å². The minimum Gasteiger partial charge on any atom is -0.393 e. The molecule has 3 aliphatic rings. The van der Waals surface area contributed by atoms with Gasteiger partial charge in [0.05, 0.1) is 24.9 Å². The summed E-state index contributed by atoms with van der Waals surface area (Å²) in [6.45, 7) is 12.9. The van der Waals surface area contributed by atoms with Crippen LogP contribution in [-0.4, -0.2) is 84.0 Å². The molecule has 164 valence electrons. The third-order valence-corrected chi connectivity index (χ3v) is 6.50. The molecule has 2 heterocycles. The molecule has 6 nitrogen and oxygen atoms in total. The molecule has 0 amide bonds. The van der Waals surface area contributed by atoms with Gasteiger partial charge in [-0.2, -0.15) is 0 Å². The molecule has 3 fully saturated rings. The molecule has 2 saturated heterocycles. The number of nitrogens with one attached hydrogen (secondary N) is 1. The van der Waals surface area contributed by atoms with Gasteiger partial charge in [-0.05, 0) is 46.5 Å². The van der Waals surface area contributed by atoms with Crippen LogP contribution >= 0.6 is 24.0 Å². The SMILES string of the molecule is CCNC(=NCC1(N2CCOC(C)(C)C2)CCCCC1)N1CCC(O)CC1.I. The number of halogens is 1. The standard InChI is InChI=1S/C21H40N4O2.HI/c1-4-22-19(24-12-8-18(26)9-13-24)23-16-21(10-6-5-7-11-21)25-14-15-27-20(2,3)17-25;/h18,26H,4-17H2,1-3H3,(H,22,23);1H. The van der Waals surface area contributed by atoms with Crippen molar-refractivity contribution < 1.29 is 9.84 Å². The van der Waals surface area contributed by atoms with Crippen LogP contribution in [0.4, 0.5) is 0 Å². The number of hydrogen-bond acceptors (Lipinski definition) is 4. The van der Waals surface area contributed by atoms with Crippen molar-refractivity contribution in [1.82, 2.24) is 15.1 Å². The van der Waals surface area contributed by atoms with Gasteiger partial charge in [0.25, 0.3) is 0 Å². The molecule has 2 aliphatic heterocycles. The maximum atomic E-state index is 9.83. The van der Waals surface area contributed by atoms with Gasteiger partial charge < -0.3 is 20.1 Å². The van der Waals surface area contributed by atoms with Crippen LogP contribution in [0.15, 0.2) is 4.99 Å². The number of aliphatic hydroxyl groups excluding tert-OH is 1. The first-order valence-electron chi connectivity index (χ1n) is 11.0. The molecule has 0 aromatic rings. The van der Waals surface area contributed by atoms with Gasteiger partial charge in [0.1, 0.15) is 0 Å². The summed E-state index contributed by atoms with van der Waals surface area (Å²) in [5.41, 5.74) is 0.106. The molecule has 7 heteroatoms. The largest absolute Gasteiger partial charge is 0.393 e. The summed E-state index contributed by atoms with van der Waals surface area (Å²) in [6, 6.07) is 0. The Hall–Kier alpha value is -0.120. The summed E-state index contributed by atoms with van der Waals surface area (Å²) in [4.78, 5) is 10.2. The highest BCUT2D eigenvalue weighted by molar-refractivity contribution is 14.0. The Morgan fingerprint density at radius 2 is 1.82 bits per heavy atom. The third-order valence-electron chi connectivity index (χ3n) is 6.50.